The third-order valence-electron chi connectivity index (χ3n) is 13.5. The Bertz CT molecular complexity index is 3430. The van der Waals surface area contributed by atoms with Crippen LogP contribution in [0.15, 0.2) is 164 Å². The summed E-state index contributed by atoms with van der Waals surface area (Å²) in [6, 6.07) is 62.4. The molecule has 314 valence electrons. The molecule has 65 heavy (non-hydrogen) atoms. The summed E-state index contributed by atoms with van der Waals surface area (Å²) >= 11 is 7.73. The third-order valence-corrected chi connectivity index (χ3v) is 18.3. The maximum Gasteiger partial charge on any atom is 0.277 e. The molecule has 7 aromatic carbocycles. The zero-order chi connectivity index (χ0) is 43.9. The molecular weight excluding hydrogens is 864 g/mol. The SMILES string of the molecule is CC(C)(C)c1ccc2sc3c(c2c1)N(c1cccc(-c2cc4ccccc4s2)c1)c1cccc2c1B3c1sc3ccc(C(C)(C)C)cc3c1N2c1cccc(-c2cc3ccccc3s2)c1. The van der Waals surface area contributed by atoms with Gasteiger partial charge in [-0.25, -0.2) is 0 Å². The van der Waals surface area contributed by atoms with Gasteiger partial charge < -0.3 is 9.80 Å². The average molecular weight is 909 g/mol. The Morgan fingerprint density at radius 2 is 0.846 bits per heavy atom. The predicted molar refractivity (Wildman–Crippen MR) is 290 cm³/mol. The topological polar surface area (TPSA) is 6.48 Å². The van der Waals surface area contributed by atoms with Gasteiger partial charge in [-0.1, -0.05) is 120 Å². The van der Waals surface area contributed by atoms with Gasteiger partial charge in [0.1, 0.15) is 0 Å². The van der Waals surface area contributed by atoms with E-state index in [1.807, 2.05) is 45.3 Å². The standard InChI is InChI=1S/C58H45BN2S4/c1-57(2,3)38-24-26-48-42(32-38)53-55(64-48)59-52-44(60(53)40-18-11-16-34(28-40)50-30-36-14-7-9-22-46(36)62-50)20-13-21-45(52)61(54-43-33-39(58(4,5)6)25-27-49(43)65-56(54)59)41-19-12-17-35(29-41)51-31-37-15-8-10-23-47(37)63-51/h7-33H,1-6H3. The first kappa shape index (κ1) is 39.4. The zero-order valence-corrected chi connectivity index (χ0v) is 40.5. The van der Waals surface area contributed by atoms with Crippen LogP contribution in [0.1, 0.15) is 52.7 Å². The molecule has 0 spiro atoms. The largest absolute Gasteiger partial charge is 0.310 e. The van der Waals surface area contributed by atoms with E-state index in [4.69, 9.17) is 0 Å². The summed E-state index contributed by atoms with van der Waals surface area (Å²) in [6.07, 6.45) is 0. The van der Waals surface area contributed by atoms with Crippen LogP contribution in [-0.2, 0) is 10.8 Å². The first-order valence-electron chi connectivity index (χ1n) is 22.5. The molecule has 4 aromatic heterocycles. The second kappa shape index (κ2) is 14.3. The molecular formula is C58H45BN2S4. The summed E-state index contributed by atoms with van der Waals surface area (Å²) < 4.78 is 8.13. The summed E-state index contributed by atoms with van der Waals surface area (Å²) in [5, 5.41) is 5.25. The molecule has 7 heteroatoms. The van der Waals surface area contributed by atoms with Crippen molar-refractivity contribution in [1.29, 1.82) is 0 Å². The molecule has 0 amide bonds. The van der Waals surface area contributed by atoms with Crippen LogP contribution in [0, 0.1) is 0 Å². The van der Waals surface area contributed by atoms with Crippen molar-refractivity contribution in [3.8, 4) is 20.9 Å². The lowest BCUT2D eigenvalue weighted by molar-refractivity contribution is 0.591. The minimum absolute atomic E-state index is 0.00774. The van der Waals surface area contributed by atoms with Crippen molar-refractivity contribution >= 4 is 142 Å². The number of hydrogen-bond acceptors (Lipinski definition) is 6. The summed E-state index contributed by atoms with van der Waals surface area (Å²) in [5.41, 5.74) is 14.1. The van der Waals surface area contributed by atoms with Gasteiger partial charge >= 0.3 is 0 Å². The second-order valence-corrected chi connectivity index (χ2v) is 24.1. The molecule has 0 unspecified atom stereocenters. The second-order valence-electron chi connectivity index (χ2n) is 19.8. The van der Waals surface area contributed by atoms with Crippen molar-refractivity contribution < 1.29 is 0 Å². The van der Waals surface area contributed by atoms with Crippen LogP contribution in [0.4, 0.5) is 34.1 Å². The molecule has 0 radical (unpaired) electrons. The van der Waals surface area contributed by atoms with Crippen molar-refractivity contribution in [2.75, 3.05) is 9.80 Å². The smallest absolute Gasteiger partial charge is 0.277 e. The normalized spacial score (nSPS) is 13.6. The van der Waals surface area contributed by atoms with Crippen LogP contribution < -0.4 is 24.8 Å². The molecule has 2 aliphatic heterocycles. The van der Waals surface area contributed by atoms with Crippen LogP contribution in [0.3, 0.4) is 0 Å². The molecule has 0 saturated carbocycles. The van der Waals surface area contributed by atoms with E-state index in [0.29, 0.717) is 0 Å². The van der Waals surface area contributed by atoms with Gasteiger partial charge in [0.25, 0.3) is 6.71 Å². The molecule has 11 aromatic rings. The lowest BCUT2D eigenvalue weighted by Gasteiger charge is -2.42. The molecule has 0 aliphatic carbocycles. The fourth-order valence-electron chi connectivity index (χ4n) is 10.2. The summed E-state index contributed by atoms with van der Waals surface area (Å²) in [5.74, 6) is 0. The fourth-order valence-corrected chi connectivity index (χ4v) is 15.0. The lowest BCUT2D eigenvalue weighted by Crippen LogP contribution is -2.59. The van der Waals surface area contributed by atoms with Crippen molar-refractivity contribution in [3.63, 3.8) is 0 Å². The van der Waals surface area contributed by atoms with Crippen molar-refractivity contribution in [2.45, 2.75) is 52.4 Å². The van der Waals surface area contributed by atoms with Gasteiger partial charge in [-0.3, -0.25) is 0 Å². The highest BCUT2D eigenvalue weighted by Gasteiger charge is 2.47. The number of rotatable bonds is 4. The number of anilines is 6. The van der Waals surface area contributed by atoms with Crippen LogP contribution in [0.2, 0.25) is 0 Å². The van der Waals surface area contributed by atoms with Gasteiger partial charge in [-0.2, -0.15) is 0 Å². The molecule has 0 atom stereocenters. The van der Waals surface area contributed by atoms with Crippen LogP contribution in [0.5, 0.6) is 0 Å². The third kappa shape index (κ3) is 6.16. The molecule has 0 bridgehead atoms. The Kier molecular flexibility index (Phi) is 8.65. The zero-order valence-electron chi connectivity index (χ0n) is 37.2. The van der Waals surface area contributed by atoms with Crippen LogP contribution >= 0.6 is 45.3 Å². The number of fused-ring (bicyclic) bond motifs is 10. The quantitative estimate of drug-likeness (QED) is 0.162. The minimum Gasteiger partial charge on any atom is -0.310 e. The van der Waals surface area contributed by atoms with Gasteiger partial charge in [0.2, 0.25) is 0 Å². The van der Waals surface area contributed by atoms with E-state index in [0.717, 1.165) is 0 Å². The lowest BCUT2D eigenvalue weighted by atomic mass is 9.39. The Morgan fingerprint density at radius 3 is 1.29 bits per heavy atom. The Balaban J connectivity index is 1.09. The molecule has 0 saturated heterocycles. The number of benzene rings is 7. The maximum absolute atomic E-state index is 2.62. The highest BCUT2D eigenvalue weighted by Crippen LogP contribution is 2.52. The highest BCUT2D eigenvalue weighted by atomic mass is 32.1. The summed E-state index contributed by atoms with van der Waals surface area (Å²) in [4.78, 5) is 7.82. The van der Waals surface area contributed by atoms with Crippen molar-refractivity contribution in [3.05, 3.63) is 175 Å². The summed E-state index contributed by atoms with van der Waals surface area (Å²) in [7, 11) is 0. The van der Waals surface area contributed by atoms with E-state index in [2.05, 4.69) is 215 Å². The Morgan fingerprint density at radius 1 is 0.400 bits per heavy atom. The van der Waals surface area contributed by atoms with Gasteiger partial charge in [0.05, 0.1) is 11.4 Å². The molecule has 2 aliphatic rings. The van der Waals surface area contributed by atoms with Crippen LogP contribution in [-0.4, -0.2) is 6.71 Å². The number of hydrogen-bond donors (Lipinski definition) is 0. The van der Waals surface area contributed by atoms with Crippen LogP contribution in [0.25, 0.3) is 61.2 Å². The van der Waals surface area contributed by atoms with Crippen molar-refractivity contribution in [1.82, 2.24) is 0 Å². The monoisotopic (exact) mass is 908 g/mol. The number of nitrogens with zero attached hydrogens (tertiary/aromatic N) is 2. The predicted octanol–water partition coefficient (Wildman–Crippen LogP) is 16.6. The highest BCUT2D eigenvalue weighted by molar-refractivity contribution is 7.40. The van der Waals surface area contributed by atoms with Gasteiger partial charge in [0, 0.05) is 71.6 Å². The summed E-state index contributed by atoms with van der Waals surface area (Å²) in [6.45, 7) is 14.1. The van der Waals surface area contributed by atoms with E-state index >= 15 is 0 Å². The fraction of sp³-hybridized carbons (Fsp3) is 0.138. The van der Waals surface area contributed by atoms with Crippen molar-refractivity contribution in [2.24, 2.45) is 0 Å². The molecule has 2 nitrogen and oxygen atoms in total. The van der Waals surface area contributed by atoms with E-state index in [-0.39, 0.29) is 17.5 Å². The first-order chi connectivity index (χ1) is 31.5. The van der Waals surface area contributed by atoms with E-state index in [9.17, 15) is 0 Å². The molecule has 0 N–H and O–H groups in total. The Hall–Kier alpha value is -5.96. The van der Waals surface area contributed by atoms with Gasteiger partial charge in [-0.05, 0) is 134 Å². The van der Waals surface area contributed by atoms with Gasteiger partial charge in [0.15, 0.2) is 0 Å². The van der Waals surface area contributed by atoms with E-state index < -0.39 is 0 Å². The molecule has 13 rings (SSSR count). The van der Waals surface area contributed by atoms with E-state index in [1.54, 1.807) is 0 Å². The average Bonchev–Trinajstić information content (AvgIpc) is 4.11. The Labute approximate surface area is 396 Å². The number of thiophene rings is 4. The van der Waals surface area contributed by atoms with E-state index in [1.165, 1.54) is 121 Å². The first-order valence-corrected chi connectivity index (χ1v) is 25.8. The van der Waals surface area contributed by atoms with Gasteiger partial charge in [-0.15, -0.1) is 45.3 Å². The molecule has 6 heterocycles. The maximum atomic E-state index is 2.62. The molecule has 0 fully saturated rings. The minimum atomic E-state index is 0.00774.